The van der Waals surface area contributed by atoms with Crippen LogP contribution in [0.2, 0.25) is 0 Å². The maximum Gasteiger partial charge on any atom is 0.246 e. The van der Waals surface area contributed by atoms with E-state index in [2.05, 4.69) is 19.9 Å². The van der Waals surface area contributed by atoms with Crippen LogP contribution in [-0.2, 0) is 23.0 Å². The number of aryl methyl sites for hydroxylation is 2. The van der Waals surface area contributed by atoms with Crippen LogP contribution in [0.1, 0.15) is 18.7 Å². The zero-order chi connectivity index (χ0) is 15.6. The van der Waals surface area contributed by atoms with Gasteiger partial charge in [-0.2, -0.15) is 0 Å². The Labute approximate surface area is 128 Å². The van der Waals surface area contributed by atoms with Crippen molar-refractivity contribution in [2.45, 2.75) is 36.7 Å². The smallest absolute Gasteiger partial charge is 0.246 e. The average Bonchev–Trinajstić information content (AvgIpc) is 2.89. The molecule has 1 aliphatic heterocycles. The maximum atomic E-state index is 12.5. The fourth-order valence-electron chi connectivity index (χ4n) is 2.54. The van der Waals surface area contributed by atoms with E-state index in [-0.39, 0.29) is 16.8 Å². The maximum absolute atomic E-state index is 12.5. The Balaban J connectivity index is 1.76. The van der Waals surface area contributed by atoms with E-state index in [0.29, 0.717) is 25.8 Å². The summed E-state index contributed by atoms with van der Waals surface area (Å²) in [6.07, 6.45) is 5.23. The van der Waals surface area contributed by atoms with Crippen molar-refractivity contribution < 1.29 is 13.2 Å². The van der Waals surface area contributed by atoms with Gasteiger partial charge in [0.25, 0.3) is 0 Å². The van der Waals surface area contributed by atoms with Gasteiger partial charge < -0.3 is 9.30 Å². The summed E-state index contributed by atoms with van der Waals surface area (Å²) >= 11 is 0. The standard InChI is InChI=1S/C13H17N5O3S/c1-21-13-11(3-2-7-14-13)22(19,20)17-10-4-5-12-16-15-9-18(12)8-6-10/h2-3,7,9-10,17H,4-6,8H2,1H3. The largest absolute Gasteiger partial charge is 0.480 e. The molecule has 0 bridgehead atoms. The number of aromatic nitrogens is 4. The second kappa shape index (κ2) is 6.01. The molecule has 1 atom stereocenters. The van der Waals surface area contributed by atoms with Gasteiger partial charge in [-0.3, -0.25) is 0 Å². The zero-order valence-electron chi connectivity index (χ0n) is 12.1. The highest BCUT2D eigenvalue weighted by Crippen LogP contribution is 2.21. The van der Waals surface area contributed by atoms with Gasteiger partial charge in [-0.1, -0.05) is 0 Å². The number of nitrogens with one attached hydrogen (secondary N) is 1. The number of ether oxygens (including phenoxy) is 1. The fraction of sp³-hybridized carbons (Fsp3) is 0.462. The molecule has 1 aliphatic rings. The zero-order valence-corrected chi connectivity index (χ0v) is 13.0. The molecule has 2 aromatic heterocycles. The first kappa shape index (κ1) is 14.9. The van der Waals surface area contributed by atoms with E-state index in [9.17, 15) is 8.42 Å². The van der Waals surface area contributed by atoms with Crippen LogP contribution in [0.4, 0.5) is 0 Å². The van der Waals surface area contributed by atoms with Gasteiger partial charge in [0.15, 0.2) is 0 Å². The van der Waals surface area contributed by atoms with Crippen molar-refractivity contribution in [3.05, 3.63) is 30.5 Å². The molecular formula is C13H17N5O3S. The summed E-state index contributed by atoms with van der Waals surface area (Å²) in [5.74, 6) is 0.987. The van der Waals surface area contributed by atoms with Crippen LogP contribution in [0.5, 0.6) is 5.88 Å². The number of sulfonamides is 1. The Morgan fingerprint density at radius 2 is 2.27 bits per heavy atom. The molecule has 0 aromatic carbocycles. The Hall–Kier alpha value is -2.00. The molecule has 0 fully saturated rings. The Morgan fingerprint density at radius 3 is 3.09 bits per heavy atom. The number of nitrogens with zero attached hydrogens (tertiary/aromatic N) is 4. The highest BCUT2D eigenvalue weighted by molar-refractivity contribution is 7.89. The van der Waals surface area contributed by atoms with Crippen molar-refractivity contribution in [1.82, 2.24) is 24.5 Å². The van der Waals surface area contributed by atoms with Gasteiger partial charge in [-0.25, -0.2) is 18.1 Å². The van der Waals surface area contributed by atoms with E-state index < -0.39 is 10.0 Å². The molecule has 2 aromatic rings. The predicted octanol–water partition coefficient (Wildman–Crippen LogP) is 0.365. The van der Waals surface area contributed by atoms with Crippen LogP contribution in [0.25, 0.3) is 0 Å². The van der Waals surface area contributed by atoms with E-state index in [0.717, 1.165) is 5.82 Å². The quantitative estimate of drug-likeness (QED) is 0.872. The number of methoxy groups -OCH3 is 1. The summed E-state index contributed by atoms with van der Waals surface area (Å²) in [6.45, 7) is 0.694. The lowest BCUT2D eigenvalue weighted by Gasteiger charge is -2.17. The molecule has 9 heteroatoms. The second-order valence-corrected chi connectivity index (χ2v) is 6.78. The minimum absolute atomic E-state index is 0.0566. The van der Waals surface area contributed by atoms with Gasteiger partial charge in [0, 0.05) is 25.2 Å². The molecule has 3 rings (SSSR count). The van der Waals surface area contributed by atoms with Gasteiger partial charge in [0.1, 0.15) is 17.0 Å². The molecule has 0 spiro atoms. The third-order valence-electron chi connectivity index (χ3n) is 3.67. The van der Waals surface area contributed by atoms with Crippen LogP contribution >= 0.6 is 0 Å². The van der Waals surface area contributed by atoms with Crippen molar-refractivity contribution in [3.63, 3.8) is 0 Å². The van der Waals surface area contributed by atoms with E-state index in [1.807, 2.05) is 4.57 Å². The Morgan fingerprint density at radius 1 is 1.41 bits per heavy atom. The van der Waals surface area contributed by atoms with Gasteiger partial charge in [-0.15, -0.1) is 10.2 Å². The van der Waals surface area contributed by atoms with E-state index in [4.69, 9.17) is 4.74 Å². The number of pyridine rings is 1. The number of hydrogen-bond donors (Lipinski definition) is 1. The predicted molar refractivity (Wildman–Crippen MR) is 77.9 cm³/mol. The van der Waals surface area contributed by atoms with Crippen LogP contribution in [0, 0.1) is 0 Å². The van der Waals surface area contributed by atoms with Crippen molar-refractivity contribution in [3.8, 4) is 5.88 Å². The minimum atomic E-state index is -3.67. The molecular weight excluding hydrogens is 306 g/mol. The Bertz CT molecular complexity index is 736. The lowest BCUT2D eigenvalue weighted by Crippen LogP contribution is -2.35. The molecule has 0 saturated carbocycles. The number of hydrogen-bond acceptors (Lipinski definition) is 6. The van der Waals surface area contributed by atoms with Gasteiger partial charge in [0.05, 0.1) is 7.11 Å². The molecule has 8 nitrogen and oxygen atoms in total. The first-order valence-electron chi connectivity index (χ1n) is 6.98. The first-order chi connectivity index (χ1) is 10.6. The summed E-state index contributed by atoms with van der Waals surface area (Å²) < 4.78 is 34.8. The van der Waals surface area contributed by atoms with E-state index >= 15 is 0 Å². The van der Waals surface area contributed by atoms with Crippen molar-refractivity contribution in [1.29, 1.82) is 0 Å². The lowest BCUT2D eigenvalue weighted by atomic mass is 10.1. The third-order valence-corrected chi connectivity index (χ3v) is 5.20. The van der Waals surface area contributed by atoms with Gasteiger partial charge >= 0.3 is 0 Å². The van der Waals surface area contributed by atoms with Crippen molar-refractivity contribution >= 4 is 10.0 Å². The van der Waals surface area contributed by atoms with Crippen LogP contribution in [-0.4, -0.2) is 41.3 Å². The third kappa shape index (κ3) is 2.95. The summed E-state index contributed by atoms with van der Waals surface area (Å²) in [5, 5.41) is 7.90. The van der Waals surface area contributed by atoms with Crippen LogP contribution in [0.15, 0.2) is 29.6 Å². The summed E-state index contributed by atoms with van der Waals surface area (Å²) in [5.41, 5.74) is 0. The molecule has 1 N–H and O–H groups in total. The van der Waals surface area contributed by atoms with Gasteiger partial charge in [0.2, 0.25) is 15.9 Å². The van der Waals surface area contributed by atoms with Gasteiger partial charge in [-0.05, 0) is 25.0 Å². The minimum Gasteiger partial charge on any atom is -0.480 e. The highest BCUT2D eigenvalue weighted by atomic mass is 32.2. The molecule has 1 unspecified atom stereocenters. The van der Waals surface area contributed by atoms with Crippen LogP contribution in [0.3, 0.4) is 0 Å². The molecule has 3 heterocycles. The molecule has 0 radical (unpaired) electrons. The first-order valence-corrected chi connectivity index (χ1v) is 8.46. The van der Waals surface area contributed by atoms with Crippen molar-refractivity contribution in [2.75, 3.05) is 7.11 Å². The SMILES string of the molecule is COc1ncccc1S(=O)(=O)NC1CCc2nncn2CC1. The summed E-state index contributed by atoms with van der Waals surface area (Å²) in [6, 6.07) is 2.90. The Kier molecular flexibility index (Phi) is 4.08. The topological polar surface area (TPSA) is 99.0 Å². The fourth-order valence-corrected chi connectivity index (χ4v) is 3.96. The number of fused-ring (bicyclic) bond motifs is 1. The molecule has 0 aliphatic carbocycles. The monoisotopic (exact) mass is 323 g/mol. The molecule has 22 heavy (non-hydrogen) atoms. The van der Waals surface area contributed by atoms with Crippen molar-refractivity contribution in [2.24, 2.45) is 0 Å². The second-order valence-electron chi connectivity index (χ2n) is 5.10. The highest BCUT2D eigenvalue weighted by Gasteiger charge is 2.26. The summed E-state index contributed by atoms with van der Waals surface area (Å²) in [4.78, 5) is 3.99. The summed E-state index contributed by atoms with van der Waals surface area (Å²) in [7, 11) is -2.27. The average molecular weight is 323 g/mol. The lowest BCUT2D eigenvalue weighted by molar-refractivity contribution is 0.384. The van der Waals surface area contributed by atoms with Crippen LogP contribution < -0.4 is 9.46 Å². The molecule has 0 amide bonds. The van der Waals surface area contributed by atoms with E-state index in [1.54, 1.807) is 12.4 Å². The number of rotatable bonds is 4. The normalized spacial score (nSPS) is 18.5. The molecule has 118 valence electrons. The molecule has 0 saturated heterocycles. The van der Waals surface area contributed by atoms with E-state index in [1.165, 1.54) is 19.4 Å².